The van der Waals surface area contributed by atoms with Crippen molar-refractivity contribution in [3.8, 4) is 5.75 Å². The molecule has 0 saturated carbocycles. The van der Waals surface area contributed by atoms with Crippen LogP contribution in [0.3, 0.4) is 0 Å². The Bertz CT molecular complexity index is 829. The lowest BCUT2D eigenvalue weighted by Gasteiger charge is -2.37. The number of nitrogens with zero attached hydrogens (tertiary/aromatic N) is 2. The van der Waals surface area contributed by atoms with Gasteiger partial charge >= 0.3 is 0 Å². The van der Waals surface area contributed by atoms with Crippen molar-refractivity contribution in [3.05, 3.63) is 65.7 Å². The molecule has 0 unspecified atom stereocenters. The van der Waals surface area contributed by atoms with Gasteiger partial charge in [-0.15, -0.1) is 0 Å². The van der Waals surface area contributed by atoms with Gasteiger partial charge in [0.2, 0.25) is 5.91 Å². The first-order valence-electron chi connectivity index (χ1n) is 10.5. The zero-order chi connectivity index (χ0) is 21.5. The van der Waals surface area contributed by atoms with Crippen LogP contribution >= 0.6 is 0 Å². The van der Waals surface area contributed by atoms with E-state index in [0.29, 0.717) is 24.4 Å². The largest absolute Gasteiger partial charge is 0.497 e. The second kappa shape index (κ2) is 10.3. The Kier molecular flexibility index (Phi) is 7.46. The SMILES string of the molecule is COc1ccc(C(=O)N[C@@H](C(=O)N2CCN(Cc3ccccc3)CC2)C(C)C)cc1. The number of carbonyl (C=O) groups is 2. The van der Waals surface area contributed by atoms with Gasteiger partial charge in [0.05, 0.1) is 7.11 Å². The third-order valence-electron chi connectivity index (χ3n) is 5.50. The molecule has 2 aromatic carbocycles. The third-order valence-corrected chi connectivity index (χ3v) is 5.50. The van der Waals surface area contributed by atoms with Gasteiger partial charge < -0.3 is 15.0 Å². The number of nitrogens with one attached hydrogen (secondary N) is 1. The number of hydrogen-bond acceptors (Lipinski definition) is 4. The van der Waals surface area contributed by atoms with Crippen molar-refractivity contribution in [3.63, 3.8) is 0 Å². The van der Waals surface area contributed by atoms with Crippen LogP contribution in [0.25, 0.3) is 0 Å². The maximum Gasteiger partial charge on any atom is 0.251 e. The molecule has 160 valence electrons. The van der Waals surface area contributed by atoms with Crippen LogP contribution in [0.1, 0.15) is 29.8 Å². The first kappa shape index (κ1) is 21.8. The summed E-state index contributed by atoms with van der Waals surface area (Å²) in [5.74, 6) is 0.442. The molecule has 2 amide bonds. The zero-order valence-electron chi connectivity index (χ0n) is 18.0. The highest BCUT2D eigenvalue weighted by molar-refractivity contribution is 5.97. The molecule has 0 aromatic heterocycles. The van der Waals surface area contributed by atoms with Crippen LogP contribution in [0.5, 0.6) is 5.75 Å². The summed E-state index contributed by atoms with van der Waals surface area (Å²) < 4.78 is 5.14. The lowest BCUT2D eigenvalue weighted by molar-refractivity contribution is -0.136. The average Bonchev–Trinajstić information content (AvgIpc) is 2.78. The topological polar surface area (TPSA) is 61.9 Å². The normalized spacial score (nSPS) is 15.7. The molecule has 6 nitrogen and oxygen atoms in total. The number of carbonyl (C=O) groups excluding carboxylic acids is 2. The van der Waals surface area contributed by atoms with E-state index >= 15 is 0 Å². The van der Waals surface area contributed by atoms with Gasteiger partial charge in [0, 0.05) is 38.3 Å². The molecule has 1 saturated heterocycles. The van der Waals surface area contributed by atoms with Crippen LogP contribution in [-0.4, -0.2) is 60.9 Å². The van der Waals surface area contributed by atoms with Crippen molar-refractivity contribution in [1.29, 1.82) is 0 Å². The Balaban J connectivity index is 1.56. The van der Waals surface area contributed by atoms with E-state index in [1.165, 1.54) is 5.56 Å². The molecule has 1 aliphatic rings. The predicted octanol–water partition coefficient (Wildman–Crippen LogP) is 2.79. The van der Waals surface area contributed by atoms with E-state index in [0.717, 1.165) is 19.6 Å². The van der Waals surface area contributed by atoms with Crippen LogP contribution in [0.15, 0.2) is 54.6 Å². The van der Waals surface area contributed by atoms with Crippen molar-refractivity contribution in [2.24, 2.45) is 5.92 Å². The van der Waals surface area contributed by atoms with Crippen LogP contribution in [0.2, 0.25) is 0 Å². The Hall–Kier alpha value is -2.86. The molecule has 1 heterocycles. The Morgan fingerprint density at radius 2 is 1.60 bits per heavy atom. The smallest absolute Gasteiger partial charge is 0.251 e. The van der Waals surface area contributed by atoms with Gasteiger partial charge in [-0.3, -0.25) is 14.5 Å². The summed E-state index contributed by atoms with van der Waals surface area (Å²) in [5, 5.41) is 2.93. The lowest BCUT2D eigenvalue weighted by Crippen LogP contribution is -2.56. The highest BCUT2D eigenvalue weighted by Crippen LogP contribution is 2.15. The fraction of sp³-hybridized carbons (Fsp3) is 0.417. The van der Waals surface area contributed by atoms with E-state index in [2.05, 4.69) is 22.3 Å². The van der Waals surface area contributed by atoms with Crippen molar-refractivity contribution in [1.82, 2.24) is 15.1 Å². The van der Waals surface area contributed by atoms with E-state index in [4.69, 9.17) is 4.74 Å². The molecule has 1 N–H and O–H groups in total. The highest BCUT2D eigenvalue weighted by atomic mass is 16.5. The van der Waals surface area contributed by atoms with Crippen molar-refractivity contribution >= 4 is 11.8 Å². The van der Waals surface area contributed by atoms with Crippen molar-refractivity contribution < 1.29 is 14.3 Å². The Morgan fingerprint density at radius 1 is 0.967 bits per heavy atom. The van der Waals surface area contributed by atoms with Gasteiger partial charge in [-0.25, -0.2) is 0 Å². The Morgan fingerprint density at radius 3 is 2.17 bits per heavy atom. The molecule has 30 heavy (non-hydrogen) atoms. The molecule has 1 atom stereocenters. The number of methoxy groups -OCH3 is 1. The van der Waals surface area contributed by atoms with E-state index in [9.17, 15) is 9.59 Å². The van der Waals surface area contributed by atoms with Crippen LogP contribution in [-0.2, 0) is 11.3 Å². The molecule has 0 radical (unpaired) electrons. The molecule has 3 rings (SSSR count). The first-order chi connectivity index (χ1) is 14.5. The number of hydrogen-bond donors (Lipinski definition) is 1. The predicted molar refractivity (Wildman–Crippen MR) is 117 cm³/mol. The number of amides is 2. The molecule has 1 aliphatic heterocycles. The van der Waals surface area contributed by atoms with Gasteiger partial charge in [-0.1, -0.05) is 44.2 Å². The average molecular weight is 410 g/mol. The van der Waals surface area contributed by atoms with Crippen LogP contribution in [0, 0.1) is 5.92 Å². The number of benzene rings is 2. The summed E-state index contributed by atoms with van der Waals surface area (Å²) in [4.78, 5) is 30.1. The van der Waals surface area contributed by atoms with Gasteiger partial charge in [0.15, 0.2) is 0 Å². The van der Waals surface area contributed by atoms with Gasteiger partial charge in [0.25, 0.3) is 5.91 Å². The molecule has 6 heteroatoms. The molecule has 0 spiro atoms. The van der Waals surface area contributed by atoms with E-state index in [1.807, 2.05) is 36.9 Å². The summed E-state index contributed by atoms with van der Waals surface area (Å²) in [5.41, 5.74) is 1.80. The number of piperazine rings is 1. The first-order valence-corrected chi connectivity index (χ1v) is 10.5. The summed E-state index contributed by atoms with van der Waals surface area (Å²) >= 11 is 0. The van der Waals surface area contributed by atoms with E-state index in [1.54, 1.807) is 31.4 Å². The molecule has 0 bridgehead atoms. The van der Waals surface area contributed by atoms with Gasteiger partial charge in [-0.2, -0.15) is 0 Å². The quantitative estimate of drug-likeness (QED) is 0.764. The summed E-state index contributed by atoms with van der Waals surface area (Å²) in [6, 6.07) is 16.7. The highest BCUT2D eigenvalue weighted by Gasteiger charge is 2.31. The summed E-state index contributed by atoms with van der Waals surface area (Å²) in [7, 11) is 1.59. The molecule has 1 fully saturated rings. The number of ether oxygens (including phenoxy) is 1. The standard InChI is InChI=1S/C24H31N3O3/c1-18(2)22(25-23(28)20-9-11-21(30-3)12-10-20)24(29)27-15-13-26(14-16-27)17-19-7-5-4-6-8-19/h4-12,18,22H,13-17H2,1-3H3,(H,25,28)/t22-/m1/s1. The summed E-state index contributed by atoms with van der Waals surface area (Å²) in [6.45, 7) is 7.83. The molecule has 2 aromatic rings. The van der Waals surface area contributed by atoms with Crippen LogP contribution < -0.4 is 10.1 Å². The van der Waals surface area contributed by atoms with Crippen LogP contribution in [0.4, 0.5) is 0 Å². The number of rotatable bonds is 7. The van der Waals surface area contributed by atoms with Crippen molar-refractivity contribution in [2.45, 2.75) is 26.4 Å². The lowest BCUT2D eigenvalue weighted by atomic mass is 10.0. The fourth-order valence-corrected chi connectivity index (χ4v) is 3.65. The van der Waals surface area contributed by atoms with Gasteiger partial charge in [-0.05, 0) is 35.7 Å². The Labute approximate surface area is 178 Å². The minimum Gasteiger partial charge on any atom is -0.497 e. The second-order valence-corrected chi connectivity index (χ2v) is 8.01. The van der Waals surface area contributed by atoms with Gasteiger partial charge in [0.1, 0.15) is 11.8 Å². The minimum atomic E-state index is -0.541. The maximum absolute atomic E-state index is 13.1. The molecular weight excluding hydrogens is 378 g/mol. The molecular formula is C24H31N3O3. The van der Waals surface area contributed by atoms with E-state index in [-0.39, 0.29) is 17.7 Å². The van der Waals surface area contributed by atoms with Crippen molar-refractivity contribution in [2.75, 3.05) is 33.3 Å². The maximum atomic E-state index is 13.1. The second-order valence-electron chi connectivity index (χ2n) is 8.01. The third kappa shape index (κ3) is 5.60. The zero-order valence-corrected chi connectivity index (χ0v) is 18.0. The molecule has 0 aliphatic carbocycles. The summed E-state index contributed by atoms with van der Waals surface area (Å²) in [6.07, 6.45) is 0. The minimum absolute atomic E-state index is 0.00190. The monoisotopic (exact) mass is 409 g/mol. The fourth-order valence-electron chi connectivity index (χ4n) is 3.65. The van der Waals surface area contributed by atoms with E-state index < -0.39 is 6.04 Å².